The molecule has 4 rings (SSSR count). The molecule has 0 aromatic heterocycles. The van der Waals surface area contributed by atoms with Crippen molar-refractivity contribution in [2.45, 2.75) is 51.8 Å². The lowest BCUT2D eigenvalue weighted by molar-refractivity contribution is -0.148. The van der Waals surface area contributed by atoms with Gasteiger partial charge >= 0.3 is 12.1 Å². The quantitative estimate of drug-likeness (QED) is 0.363. The summed E-state index contributed by atoms with van der Waals surface area (Å²) in [6, 6.07) is 23.8. The Balaban J connectivity index is 1.33. The van der Waals surface area contributed by atoms with E-state index in [1.165, 1.54) is 0 Å². The van der Waals surface area contributed by atoms with E-state index < -0.39 is 30.1 Å². The fourth-order valence-corrected chi connectivity index (χ4v) is 4.71. The van der Waals surface area contributed by atoms with Crippen LogP contribution in [0.2, 0.25) is 0 Å². The summed E-state index contributed by atoms with van der Waals surface area (Å²) < 4.78 is 10.9. The van der Waals surface area contributed by atoms with Crippen LogP contribution in [-0.4, -0.2) is 36.7 Å². The van der Waals surface area contributed by atoms with E-state index in [-0.39, 0.29) is 25.0 Å². The first-order valence-corrected chi connectivity index (χ1v) is 13.0. The van der Waals surface area contributed by atoms with E-state index in [1.807, 2.05) is 68.4 Å². The molecular weight excluding hydrogens is 480 g/mol. The number of hydrogen-bond acceptors (Lipinski definition) is 5. The molecule has 7 heteroatoms. The predicted molar refractivity (Wildman–Crippen MR) is 145 cm³/mol. The Bertz CT molecular complexity index is 1230. The molecule has 0 spiro atoms. The summed E-state index contributed by atoms with van der Waals surface area (Å²) in [5.74, 6) is -0.965. The summed E-state index contributed by atoms with van der Waals surface area (Å²) in [6.07, 6.45) is -0.283. The Labute approximate surface area is 223 Å². The van der Waals surface area contributed by atoms with Crippen molar-refractivity contribution in [1.82, 2.24) is 10.6 Å². The average molecular weight is 515 g/mol. The molecule has 0 saturated heterocycles. The predicted octanol–water partition coefficient (Wildman–Crippen LogP) is 5.19. The van der Waals surface area contributed by atoms with Crippen LogP contribution in [0.15, 0.2) is 78.9 Å². The van der Waals surface area contributed by atoms with Crippen molar-refractivity contribution in [1.29, 1.82) is 0 Å². The van der Waals surface area contributed by atoms with E-state index in [2.05, 4.69) is 34.9 Å². The molecular formula is C31H34N2O5. The Kier molecular flexibility index (Phi) is 8.79. The molecule has 0 bridgehead atoms. The van der Waals surface area contributed by atoms with Crippen LogP contribution in [0.1, 0.15) is 49.8 Å². The fourth-order valence-electron chi connectivity index (χ4n) is 4.71. The van der Waals surface area contributed by atoms with Crippen LogP contribution in [0.5, 0.6) is 0 Å². The highest BCUT2D eigenvalue weighted by atomic mass is 16.5. The minimum Gasteiger partial charge on any atom is -0.459 e. The van der Waals surface area contributed by atoms with Crippen LogP contribution in [0.25, 0.3) is 11.1 Å². The van der Waals surface area contributed by atoms with Gasteiger partial charge < -0.3 is 20.1 Å². The van der Waals surface area contributed by atoms with Gasteiger partial charge in [-0.1, -0.05) is 92.7 Å². The van der Waals surface area contributed by atoms with E-state index in [4.69, 9.17) is 9.47 Å². The summed E-state index contributed by atoms with van der Waals surface area (Å²) in [5, 5.41) is 5.36. The SMILES string of the molecule is CC(C)C[C@H](NC(=O)OCC1c2ccccc2-c2ccccc21)C(=O)N[C@@H](C)C(=O)OCc1ccccc1. The molecule has 0 aliphatic heterocycles. The number of amides is 2. The lowest BCUT2D eigenvalue weighted by Crippen LogP contribution is -2.51. The number of rotatable bonds is 10. The Morgan fingerprint density at radius 1 is 0.763 bits per heavy atom. The molecule has 198 valence electrons. The molecule has 2 amide bonds. The standard InChI is InChI=1S/C31H34N2O5/c1-20(2)17-28(29(34)32-21(3)30(35)37-18-22-11-5-4-6-12-22)33-31(36)38-19-27-25-15-9-7-13-23(25)24-14-8-10-16-26(24)27/h4-16,20-21,27-28H,17-19H2,1-3H3,(H,32,34)(H,33,36)/t21-,28-/m0/s1. The van der Waals surface area contributed by atoms with E-state index in [0.717, 1.165) is 27.8 Å². The smallest absolute Gasteiger partial charge is 0.407 e. The van der Waals surface area contributed by atoms with Gasteiger partial charge in [0.15, 0.2) is 0 Å². The zero-order valence-corrected chi connectivity index (χ0v) is 22.0. The fraction of sp³-hybridized carbons (Fsp3) is 0.323. The normalized spacial score (nSPS) is 13.7. The zero-order chi connectivity index (χ0) is 27.1. The van der Waals surface area contributed by atoms with Crippen molar-refractivity contribution in [3.05, 3.63) is 95.6 Å². The van der Waals surface area contributed by atoms with Gasteiger partial charge in [-0.25, -0.2) is 9.59 Å². The van der Waals surface area contributed by atoms with Crippen LogP contribution in [0.4, 0.5) is 4.79 Å². The third-order valence-electron chi connectivity index (χ3n) is 6.60. The first-order chi connectivity index (χ1) is 18.3. The first-order valence-electron chi connectivity index (χ1n) is 13.0. The first kappa shape index (κ1) is 26.9. The second-order valence-corrected chi connectivity index (χ2v) is 9.98. The summed E-state index contributed by atoms with van der Waals surface area (Å²) in [6.45, 7) is 5.74. The lowest BCUT2D eigenvalue weighted by Gasteiger charge is -2.22. The van der Waals surface area contributed by atoms with Gasteiger partial charge in [0.05, 0.1) is 0 Å². The summed E-state index contributed by atoms with van der Waals surface area (Å²) in [5.41, 5.74) is 5.36. The number of benzene rings is 3. The minimum atomic E-state index is -0.870. The zero-order valence-electron chi connectivity index (χ0n) is 22.0. The van der Waals surface area contributed by atoms with Crippen molar-refractivity contribution in [2.75, 3.05) is 6.61 Å². The lowest BCUT2D eigenvalue weighted by atomic mass is 9.98. The summed E-state index contributed by atoms with van der Waals surface area (Å²) in [4.78, 5) is 38.2. The van der Waals surface area contributed by atoms with Gasteiger partial charge in [-0.15, -0.1) is 0 Å². The second-order valence-electron chi connectivity index (χ2n) is 9.98. The monoisotopic (exact) mass is 514 g/mol. The van der Waals surface area contributed by atoms with Gasteiger partial charge in [0.1, 0.15) is 25.3 Å². The maximum atomic E-state index is 13.0. The number of fused-ring (bicyclic) bond motifs is 3. The molecule has 2 N–H and O–H groups in total. The molecule has 0 fully saturated rings. The average Bonchev–Trinajstić information content (AvgIpc) is 3.24. The van der Waals surface area contributed by atoms with Crippen LogP contribution < -0.4 is 10.6 Å². The third-order valence-corrected chi connectivity index (χ3v) is 6.60. The van der Waals surface area contributed by atoms with Gasteiger partial charge in [-0.05, 0) is 47.1 Å². The molecule has 0 unspecified atom stereocenters. The van der Waals surface area contributed by atoms with Crippen LogP contribution in [0.3, 0.4) is 0 Å². The van der Waals surface area contributed by atoms with Crippen molar-refractivity contribution >= 4 is 18.0 Å². The molecule has 0 saturated carbocycles. The van der Waals surface area contributed by atoms with E-state index in [0.29, 0.717) is 6.42 Å². The Morgan fingerprint density at radius 3 is 1.95 bits per heavy atom. The highest BCUT2D eigenvalue weighted by Gasteiger charge is 2.30. The second kappa shape index (κ2) is 12.4. The summed E-state index contributed by atoms with van der Waals surface area (Å²) >= 11 is 0. The topological polar surface area (TPSA) is 93.7 Å². The van der Waals surface area contributed by atoms with Crippen LogP contribution in [-0.2, 0) is 25.7 Å². The van der Waals surface area contributed by atoms with E-state index in [1.54, 1.807) is 6.92 Å². The van der Waals surface area contributed by atoms with Crippen LogP contribution in [0, 0.1) is 5.92 Å². The van der Waals surface area contributed by atoms with E-state index in [9.17, 15) is 14.4 Å². The van der Waals surface area contributed by atoms with Gasteiger partial charge in [0, 0.05) is 5.92 Å². The van der Waals surface area contributed by atoms with Gasteiger partial charge in [-0.3, -0.25) is 4.79 Å². The molecule has 1 aliphatic rings. The number of alkyl carbamates (subject to hydrolysis) is 1. The molecule has 2 atom stereocenters. The van der Waals surface area contributed by atoms with Crippen molar-refractivity contribution in [2.24, 2.45) is 5.92 Å². The number of esters is 1. The third kappa shape index (κ3) is 6.59. The highest BCUT2D eigenvalue weighted by molar-refractivity contribution is 5.89. The van der Waals surface area contributed by atoms with Crippen molar-refractivity contribution in [3.63, 3.8) is 0 Å². The number of carbonyl (C=O) groups excluding carboxylic acids is 3. The number of carbonyl (C=O) groups is 3. The highest BCUT2D eigenvalue weighted by Crippen LogP contribution is 2.44. The van der Waals surface area contributed by atoms with Crippen LogP contribution >= 0.6 is 0 Å². The largest absolute Gasteiger partial charge is 0.459 e. The number of hydrogen-bond donors (Lipinski definition) is 2. The van der Waals surface area contributed by atoms with Gasteiger partial charge in [0.2, 0.25) is 5.91 Å². The van der Waals surface area contributed by atoms with Crippen molar-refractivity contribution in [3.8, 4) is 11.1 Å². The number of nitrogens with one attached hydrogen (secondary N) is 2. The molecule has 38 heavy (non-hydrogen) atoms. The maximum absolute atomic E-state index is 13.0. The molecule has 7 nitrogen and oxygen atoms in total. The van der Waals surface area contributed by atoms with Gasteiger partial charge in [0.25, 0.3) is 0 Å². The molecule has 0 heterocycles. The minimum absolute atomic E-state index is 0.0788. The molecule has 3 aromatic rings. The van der Waals surface area contributed by atoms with Gasteiger partial charge in [-0.2, -0.15) is 0 Å². The number of ether oxygens (including phenoxy) is 2. The molecule has 0 radical (unpaired) electrons. The molecule has 1 aliphatic carbocycles. The Hall–Kier alpha value is -4.13. The Morgan fingerprint density at radius 2 is 1.34 bits per heavy atom. The summed E-state index contributed by atoms with van der Waals surface area (Å²) in [7, 11) is 0. The maximum Gasteiger partial charge on any atom is 0.407 e. The molecule has 3 aromatic carbocycles. The van der Waals surface area contributed by atoms with E-state index >= 15 is 0 Å². The van der Waals surface area contributed by atoms with Crippen molar-refractivity contribution < 1.29 is 23.9 Å².